The molecule has 2 aliphatic carbocycles. The molecule has 2 heterocycles. The molecule has 2 atom stereocenters. The minimum absolute atomic E-state index is 0.0326. The monoisotopic (exact) mass is 258 g/mol. The van der Waals surface area contributed by atoms with Crippen molar-refractivity contribution in [1.29, 1.82) is 0 Å². The zero-order chi connectivity index (χ0) is 13.4. The number of methoxy groups -OCH3 is 1. The van der Waals surface area contributed by atoms with E-state index in [4.69, 9.17) is 4.74 Å². The molecule has 1 aliphatic heterocycles. The van der Waals surface area contributed by atoms with Crippen molar-refractivity contribution >= 4 is 17.5 Å². The fourth-order valence-corrected chi connectivity index (χ4v) is 3.81. The van der Waals surface area contributed by atoms with E-state index in [9.17, 15) is 9.59 Å². The zero-order valence-corrected chi connectivity index (χ0v) is 10.9. The van der Waals surface area contributed by atoms with Crippen LogP contribution in [0.3, 0.4) is 0 Å². The lowest BCUT2D eigenvalue weighted by molar-refractivity contribution is 0.0598. The van der Waals surface area contributed by atoms with Gasteiger partial charge in [-0.05, 0) is 19.3 Å². The van der Waals surface area contributed by atoms with Crippen molar-refractivity contribution in [3.63, 3.8) is 0 Å². The molecule has 1 saturated carbocycles. The number of carbonyl (C=O) groups is 2. The minimum atomic E-state index is -0.365. The van der Waals surface area contributed by atoms with Crippen molar-refractivity contribution in [2.75, 3.05) is 13.7 Å². The van der Waals surface area contributed by atoms with E-state index in [0.29, 0.717) is 23.6 Å². The Bertz CT molecular complexity index is 670. The molecule has 4 rings (SSSR count). The first-order chi connectivity index (χ1) is 9.09. The average molecular weight is 258 g/mol. The van der Waals surface area contributed by atoms with Gasteiger partial charge in [0.05, 0.1) is 24.8 Å². The fourth-order valence-electron chi connectivity index (χ4n) is 3.81. The highest BCUT2D eigenvalue weighted by Gasteiger charge is 2.66. The lowest BCUT2D eigenvalue weighted by Gasteiger charge is -2.23. The summed E-state index contributed by atoms with van der Waals surface area (Å²) < 4.78 is 4.88. The maximum absolute atomic E-state index is 12.2. The summed E-state index contributed by atoms with van der Waals surface area (Å²) in [5.41, 5.74) is 3.55. The molecule has 0 aromatic carbocycles. The number of carbonyl (C=O) groups excluding carboxylic acids is 2. The highest BCUT2D eigenvalue weighted by Crippen LogP contribution is 2.62. The Balaban J connectivity index is 2.02. The van der Waals surface area contributed by atoms with E-state index in [-0.39, 0.29) is 17.2 Å². The first-order valence-corrected chi connectivity index (χ1v) is 6.48. The average Bonchev–Trinajstić information content (AvgIpc) is 2.83. The summed E-state index contributed by atoms with van der Waals surface area (Å²) in [5.74, 6) is 0.133. The molecule has 0 saturated heterocycles. The van der Waals surface area contributed by atoms with Crippen LogP contribution in [0.4, 0.5) is 0 Å². The van der Waals surface area contributed by atoms with Crippen LogP contribution in [0.5, 0.6) is 0 Å². The second-order valence-corrected chi connectivity index (χ2v) is 5.63. The van der Waals surface area contributed by atoms with Gasteiger partial charge in [0, 0.05) is 28.9 Å². The van der Waals surface area contributed by atoms with Gasteiger partial charge in [0.2, 0.25) is 0 Å². The van der Waals surface area contributed by atoms with Crippen molar-refractivity contribution in [2.24, 2.45) is 10.9 Å². The van der Waals surface area contributed by atoms with Gasteiger partial charge in [0.25, 0.3) is 0 Å². The summed E-state index contributed by atoms with van der Waals surface area (Å²) in [5, 5.41) is 0. The van der Waals surface area contributed by atoms with Gasteiger partial charge in [-0.25, -0.2) is 4.79 Å². The zero-order valence-electron chi connectivity index (χ0n) is 10.9. The number of hydrogen-bond donors (Lipinski definition) is 1. The third-order valence-corrected chi connectivity index (χ3v) is 4.75. The number of aryl methyl sites for hydroxylation is 1. The van der Waals surface area contributed by atoms with Gasteiger partial charge in [-0.15, -0.1) is 0 Å². The van der Waals surface area contributed by atoms with Crippen LogP contribution in [0.1, 0.15) is 44.9 Å². The van der Waals surface area contributed by atoms with Gasteiger partial charge in [0.15, 0.2) is 5.78 Å². The Labute approximate surface area is 110 Å². The fraction of sp³-hybridized carbons (Fsp3) is 0.500. The number of nitrogens with zero attached hydrogens (tertiary/aromatic N) is 1. The SMILES string of the molecule is COC(=O)c1c(C)[nH]c2c1C13CC1CN=C3CC2=O. The van der Waals surface area contributed by atoms with Gasteiger partial charge < -0.3 is 9.72 Å². The maximum Gasteiger partial charge on any atom is 0.340 e. The summed E-state index contributed by atoms with van der Waals surface area (Å²) in [6.45, 7) is 2.60. The van der Waals surface area contributed by atoms with E-state index in [2.05, 4.69) is 9.98 Å². The number of hydrogen-bond acceptors (Lipinski definition) is 4. The standard InChI is InChI=1S/C14H14N2O3/c1-6-10(13(18)19-2)11-12(16-6)8(17)3-9-14(11)4-7(14)5-15-9/h7,16H,3-5H2,1-2H3. The first-order valence-electron chi connectivity index (χ1n) is 6.48. The van der Waals surface area contributed by atoms with Gasteiger partial charge >= 0.3 is 5.97 Å². The summed E-state index contributed by atoms with van der Waals surface area (Å²) >= 11 is 0. The molecule has 1 aromatic heterocycles. The van der Waals surface area contributed by atoms with E-state index in [0.717, 1.165) is 29.9 Å². The van der Waals surface area contributed by atoms with E-state index in [1.165, 1.54) is 7.11 Å². The van der Waals surface area contributed by atoms with Crippen LogP contribution in [-0.4, -0.2) is 36.1 Å². The third-order valence-electron chi connectivity index (χ3n) is 4.75. The smallest absolute Gasteiger partial charge is 0.340 e. The molecule has 5 nitrogen and oxygen atoms in total. The summed E-state index contributed by atoms with van der Waals surface area (Å²) in [6, 6.07) is 0. The predicted octanol–water partition coefficient (Wildman–Crippen LogP) is 1.41. The number of nitrogens with one attached hydrogen (secondary N) is 1. The van der Waals surface area contributed by atoms with Gasteiger partial charge in [-0.2, -0.15) is 0 Å². The number of Topliss-reactive ketones (excluding diaryl/α,β-unsaturated/α-hetero) is 1. The van der Waals surface area contributed by atoms with Crippen LogP contribution in [0.15, 0.2) is 4.99 Å². The molecule has 1 N–H and O–H groups in total. The Morgan fingerprint density at radius 3 is 3.00 bits per heavy atom. The van der Waals surface area contributed by atoms with Crippen molar-refractivity contribution in [1.82, 2.24) is 4.98 Å². The van der Waals surface area contributed by atoms with Crippen molar-refractivity contribution in [3.8, 4) is 0 Å². The number of H-pyrrole nitrogens is 1. The number of ketones is 1. The van der Waals surface area contributed by atoms with Crippen LogP contribution in [0.25, 0.3) is 0 Å². The molecule has 0 bridgehead atoms. The van der Waals surface area contributed by atoms with Crippen molar-refractivity contribution in [2.45, 2.75) is 25.2 Å². The number of rotatable bonds is 1. The first kappa shape index (κ1) is 11.0. The number of aliphatic imine (C=N–C) groups is 1. The van der Waals surface area contributed by atoms with Crippen molar-refractivity contribution in [3.05, 3.63) is 22.5 Å². The van der Waals surface area contributed by atoms with Gasteiger partial charge in [-0.3, -0.25) is 9.79 Å². The quantitative estimate of drug-likeness (QED) is 0.774. The highest BCUT2D eigenvalue weighted by atomic mass is 16.5. The summed E-state index contributed by atoms with van der Waals surface area (Å²) in [7, 11) is 1.37. The molecule has 5 heteroatoms. The van der Waals surface area contributed by atoms with Gasteiger partial charge in [0.1, 0.15) is 0 Å². The summed E-state index contributed by atoms with van der Waals surface area (Å²) in [4.78, 5) is 31.8. The molecular weight excluding hydrogens is 244 g/mol. The normalized spacial score (nSPS) is 30.3. The minimum Gasteiger partial charge on any atom is -0.465 e. The number of fused-ring (bicyclic) bond motifs is 1. The molecule has 19 heavy (non-hydrogen) atoms. The van der Waals surface area contributed by atoms with Crippen LogP contribution < -0.4 is 0 Å². The second kappa shape index (κ2) is 3.15. The van der Waals surface area contributed by atoms with Gasteiger partial charge in [-0.1, -0.05) is 0 Å². The molecule has 98 valence electrons. The Kier molecular flexibility index (Phi) is 1.82. The molecule has 1 fully saturated rings. The summed E-state index contributed by atoms with van der Waals surface area (Å²) in [6.07, 6.45) is 1.40. The Morgan fingerprint density at radius 2 is 2.32 bits per heavy atom. The molecule has 1 aromatic rings. The molecule has 3 aliphatic rings. The molecule has 0 radical (unpaired) electrons. The maximum atomic E-state index is 12.2. The van der Waals surface area contributed by atoms with Crippen LogP contribution >= 0.6 is 0 Å². The van der Waals surface area contributed by atoms with E-state index in [1.807, 2.05) is 6.92 Å². The molecule has 0 amide bonds. The largest absolute Gasteiger partial charge is 0.465 e. The molecular formula is C14H14N2O3. The highest BCUT2D eigenvalue weighted by molar-refractivity contribution is 6.21. The second-order valence-electron chi connectivity index (χ2n) is 5.63. The lowest BCUT2D eigenvalue weighted by Crippen LogP contribution is -2.31. The number of aromatic amines is 1. The number of aromatic nitrogens is 1. The Morgan fingerprint density at radius 1 is 1.53 bits per heavy atom. The van der Waals surface area contributed by atoms with Crippen LogP contribution in [0.2, 0.25) is 0 Å². The molecule has 1 spiro atoms. The van der Waals surface area contributed by atoms with E-state index < -0.39 is 0 Å². The number of esters is 1. The van der Waals surface area contributed by atoms with Crippen LogP contribution in [0, 0.1) is 12.8 Å². The molecule has 2 unspecified atom stereocenters. The number of ether oxygens (including phenoxy) is 1. The van der Waals surface area contributed by atoms with E-state index >= 15 is 0 Å². The van der Waals surface area contributed by atoms with Crippen molar-refractivity contribution < 1.29 is 14.3 Å². The predicted molar refractivity (Wildman–Crippen MR) is 67.9 cm³/mol. The van der Waals surface area contributed by atoms with E-state index in [1.54, 1.807) is 0 Å². The Hall–Kier alpha value is -1.91. The third kappa shape index (κ3) is 1.09. The topological polar surface area (TPSA) is 71.5 Å². The van der Waals surface area contributed by atoms with Crippen LogP contribution in [-0.2, 0) is 10.2 Å². The lowest BCUT2D eigenvalue weighted by atomic mass is 9.78.